The lowest BCUT2D eigenvalue weighted by Crippen LogP contribution is -2.44. The Morgan fingerprint density at radius 2 is 2.17 bits per heavy atom. The highest BCUT2D eigenvalue weighted by atomic mass is 16.5. The van der Waals surface area contributed by atoms with Crippen molar-refractivity contribution in [3.8, 4) is 5.75 Å². The Labute approximate surface area is 109 Å². The van der Waals surface area contributed by atoms with Gasteiger partial charge in [-0.25, -0.2) is 0 Å². The smallest absolute Gasteiger partial charge is 0.258 e. The van der Waals surface area contributed by atoms with Crippen molar-refractivity contribution in [1.29, 1.82) is 0 Å². The van der Waals surface area contributed by atoms with Gasteiger partial charge >= 0.3 is 0 Å². The minimum Gasteiger partial charge on any atom is -0.484 e. The molecule has 0 spiro atoms. The number of amides is 1. The molecule has 100 valence electrons. The second kappa shape index (κ2) is 6.40. The van der Waals surface area contributed by atoms with E-state index < -0.39 is 0 Å². The van der Waals surface area contributed by atoms with Crippen molar-refractivity contribution in [2.24, 2.45) is 5.73 Å². The molecule has 0 unspecified atom stereocenters. The number of benzene rings is 1. The summed E-state index contributed by atoms with van der Waals surface area (Å²) in [6.07, 6.45) is 0.876. The Kier molecular flexibility index (Phi) is 5.16. The first-order valence-electron chi connectivity index (χ1n) is 6.19. The summed E-state index contributed by atoms with van der Waals surface area (Å²) in [4.78, 5) is 11.7. The van der Waals surface area contributed by atoms with Gasteiger partial charge in [-0.1, -0.05) is 19.1 Å². The fourth-order valence-electron chi connectivity index (χ4n) is 1.41. The van der Waals surface area contributed by atoms with E-state index in [0.717, 1.165) is 12.0 Å². The van der Waals surface area contributed by atoms with Crippen LogP contribution in [0.2, 0.25) is 0 Å². The van der Waals surface area contributed by atoms with Crippen molar-refractivity contribution in [3.05, 3.63) is 29.8 Å². The predicted molar refractivity (Wildman–Crippen MR) is 72.3 cm³/mol. The Bertz CT molecular complexity index is 403. The molecule has 1 rings (SSSR count). The van der Waals surface area contributed by atoms with Crippen molar-refractivity contribution in [2.75, 3.05) is 6.61 Å². The molecule has 0 fully saturated rings. The summed E-state index contributed by atoms with van der Waals surface area (Å²) in [5.74, 6) is 0.558. The van der Waals surface area contributed by atoms with Crippen molar-refractivity contribution in [2.45, 2.75) is 39.3 Å². The third-order valence-corrected chi connectivity index (χ3v) is 2.87. The van der Waals surface area contributed by atoms with Crippen LogP contribution in [0.1, 0.15) is 32.8 Å². The fourth-order valence-corrected chi connectivity index (χ4v) is 1.41. The first kappa shape index (κ1) is 14.5. The quantitative estimate of drug-likeness (QED) is 0.809. The van der Waals surface area contributed by atoms with Gasteiger partial charge in [0.25, 0.3) is 5.91 Å². The summed E-state index contributed by atoms with van der Waals surface area (Å²) in [5.41, 5.74) is 6.33. The van der Waals surface area contributed by atoms with Gasteiger partial charge in [0.1, 0.15) is 5.75 Å². The normalized spacial score (nSPS) is 11.1. The number of rotatable bonds is 6. The highest BCUT2D eigenvalue weighted by Gasteiger charge is 2.17. The van der Waals surface area contributed by atoms with Crippen molar-refractivity contribution in [1.82, 2.24) is 5.32 Å². The molecule has 0 saturated heterocycles. The van der Waals surface area contributed by atoms with Gasteiger partial charge in [0.2, 0.25) is 0 Å². The van der Waals surface area contributed by atoms with E-state index in [4.69, 9.17) is 10.5 Å². The number of ether oxygens (including phenoxy) is 1. The SMILES string of the molecule is CCC(C)(C)NC(=O)COc1cccc(CN)c1. The van der Waals surface area contributed by atoms with Crippen molar-refractivity contribution >= 4 is 5.91 Å². The average molecular weight is 250 g/mol. The first-order chi connectivity index (χ1) is 8.46. The molecule has 4 nitrogen and oxygen atoms in total. The summed E-state index contributed by atoms with van der Waals surface area (Å²) in [7, 11) is 0. The largest absolute Gasteiger partial charge is 0.484 e. The van der Waals surface area contributed by atoms with Crippen LogP contribution in [0.15, 0.2) is 24.3 Å². The summed E-state index contributed by atoms with van der Waals surface area (Å²) in [6, 6.07) is 7.45. The Morgan fingerprint density at radius 3 is 2.78 bits per heavy atom. The molecule has 4 heteroatoms. The van der Waals surface area contributed by atoms with E-state index in [1.54, 1.807) is 0 Å². The lowest BCUT2D eigenvalue weighted by atomic mass is 10.0. The van der Waals surface area contributed by atoms with Crippen LogP contribution in [0.25, 0.3) is 0 Å². The van der Waals surface area contributed by atoms with E-state index in [2.05, 4.69) is 5.32 Å². The van der Waals surface area contributed by atoms with E-state index in [0.29, 0.717) is 12.3 Å². The van der Waals surface area contributed by atoms with Gasteiger partial charge in [-0.2, -0.15) is 0 Å². The molecular formula is C14H22N2O2. The molecule has 3 N–H and O–H groups in total. The van der Waals surface area contributed by atoms with Gasteiger partial charge in [-0.05, 0) is 38.0 Å². The molecule has 0 saturated carbocycles. The Morgan fingerprint density at radius 1 is 1.44 bits per heavy atom. The van der Waals surface area contributed by atoms with Gasteiger partial charge in [0, 0.05) is 12.1 Å². The van der Waals surface area contributed by atoms with Crippen molar-refractivity contribution < 1.29 is 9.53 Å². The van der Waals surface area contributed by atoms with Crippen molar-refractivity contribution in [3.63, 3.8) is 0 Å². The van der Waals surface area contributed by atoms with Gasteiger partial charge in [0.15, 0.2) is 6.61 Å². The standard InChI is InChI=1S/C14H22N2O2/c1-4-14(2,3)16-13(17)10-18-12-7-5-6-11(8-12)9-15/h5-8H,4,9-10,15H2,1-3H3,(H,16,17). The van der Waals surface area contributed by atoms with Crippen LogP contribution in [0.5, 0.6) is 5.75 Å². The maximum absolute atomic E-state index is 11.7. The van der Waals surface area contributed by atoms with Gasteiger partial charge < -0.3 is 15.8 Å². The molecular weight excluding hydrogens is 228 g/mol. The average Bonchev–Trinajstić information content (AvgIpc) is 2.36. The monoisotopic (exact) mass is 250 g/mol. The molecule has 0 atom stereocenters. The zero-order chi connectivity index (χ0) is 13.6. The minimum atomic E-state index is -0.195. The van der Waals surface area contributed by atoms with E-state index in [1.165, 1.54) is 0 Å². The molecule has 0 radical (unpaired) electrons. The topological polar surface area (TPSA) is 64.3 Å². The lowest BCUT2D eigenvalue weighted by molar-refractivity contribution is -0.124. The van der Waals surface area contributed by atoms with Crippen LogP contribution in [0, 0.1) is 0 Å². The van der Waals surface area contributed by atoms with Crippen LogP contribution in [-0.2, 0) is 11.3 Å². The molecule has 1 amide bonds. The Balaban J connectivity index is 2.47. The maximum Gasteiger partial charge on any atom is 0.258 e. The number of hydrogen-bond donors (Lipinski definition) is 2. The number of hydrogen-bond acceptors (Lipinski definition) is 3. The summed E-state index contributed by atoms with van der Waals surface area (Å²) >= 11 is 0. The Hall–Kier alpha value is -1.55. The first-order valence-corrected chi connectivity index (χ1v) is 6.19. The number of carbonyl (C=O) groups is 1. The van der Waals surface area contributed by atoms with Crippen LogP contribution in [0.3, 0.4) is 0 Å². The lowest BCUT2D eigenvalue weighted by Gasteiger charge is -2.24. The number of carbonyl (C=O) groups excluding carboxylic acids is 1. The summed E-state index contributed by atoms with van der Waals surface area (Å²) < 4.78 is 5.43. The minimum absolute atomic E-state index is 0.0253. The number of nitrogens with one attached hydrogen (secondary N) is 1. The van der Waals surface area contributed by atoms with E-state index in [1.807, 2.05) is 45.0 Å². The zero-order valence-corrected chi connectivity index (χ0v) is 11.3. The molecule has 1 aromatic rings. The second-order valence-corrected chi connectivity index (χ2v) is 4.93. The van der Waals surface area contributed by atoms with Gasteiger partial charge in [0.05, 0.1) is 0 Å². The molecule has 0 aromatic heterocycles. The zero-order valence-electron chi connectivity index (χ0n) is 11.3. The fraction of sp³-hybridized carbons (Fsp3) is 0.500. The second-order valence-electron chi connectivity index (χ2n) is 4.93. The molecule has 0 aliphatic rings. The van der Waals surface area contributed by atoms with Gasteiger partial charge in [-0.15, -0.1) is 0 Å². The van der Waals surface area contributed by atoms with E-state index in [-0.39, 0.29) is 18.1 Å². The number of nitrogens with two attached hydrogens (primary N) is 1. The molecule has 1 aromatic carbocycles. The molecule has 0 aliphatic heterocycles. The molecule has 0 heterocycles. The highest BCUT2D eigenvalue weighted by Crippen LogP contribution is 2.13. The highest BCUT2D eigenvalue weighted by molar-refractivity contribution is 5.78. The van der Waals surface area contributed by atoms with Crippen LogP contribution >= 0.6 is 0 Å². The summed E-state index contributed by atoms with van der Waals surface area (Å²) in [5, 5.41) is 2.92. The molecule has 18 heavy (non-hydrogen) atoms. The summed E-state index contributed by atoms with van der Waals surface area (Å²) in [6.45, 7) is 6.50. The third-order valence-electron chi connectivity index (χ3n) is 2.87. The van der Waals surface area contributed by atoms with E-state index in [9.17, 15) is 4.79 Å². The third kappa shape index (κ3) is 4.75. The van der Waals surface area contributed by atoms with Crippen LogP contribution < -0.4 is 15.8 Å². The molecule has 0 bridgehead atoms. The maximum atomic E-state index is 11.7. The van der Waals surface area contributed by atoms with E-state index >= 15 is 0 Å². The van der Waals surface area contributed by atoms with Crippen LogP contribution in [-0.4, -0.2) is 18.1 Å². The predicted octanol–water partition coefficient (Wildman–Crippen LogP) is 1.83. The van der Waals surface area contributed by atoms with Crippen LogP contribution in [0.4, 0.5) is 0 Å². The van der Waals surface area contributed by atoms with Gasteiger partial charge in [-0.3, -0.25) is 4.79 Å². The molecule has 0 aliphatic carbocycles.